The van der Waals surface area contributed by atoms with E-state index < -0.39 is 21.5 Å². The second-order valence-electron chi connectivity index (χ2n) is 6.36. The Kier molecular flexibility index (Phi) is 8.55. The third kappa shape index (κ3) is 8.18. The first kappa shape index (κ1) is 22.8. The van der Waals surface area contributed by atoms with E-state index in [0.717, 1.165) is 10.0 Å². The minimum atomic E-state index is -3.61. The Morgan fingerprint density at radius 3 is 2.59 bits per heavy atom. The SMILES string of the molecule is N#CCCS(=O)(=O)C/C(=C\c1ccc(Br)cc1)C(=O)NCCc1cccc(F)c1. The van der Waals surface area contributed by atoms with Crippen LogP contribution in [0.3, 0.4) is 0 Å². The predicted octanol–water partition coefficient (Wildman–Crippen LogP) is 3.66. The normalized spacial score (nSPS) is 11.7. The molecule has 0 saturated heterocycles. The van der Waals surface area contributed by atoms with Gasteiger partial charge in [-0.25, -0.2) is 12.8 Å². The van der Waals surface area contributed by atoms with Gasteiger partial charge >= 0.3 is 0 Å². The van der Waals surface area contributed by atoms with E-state index in [1.54, 1.807) is 42.5 Å². The molecule has 0 saturated carbocycles. The minimum Gasteiger partial charge on any atom is -0.352 e. The lowest BCUT2D eigenvalue weighted by Gasteiger charge is -2.10. The Bertz CT molecular complexity index is 1030. The number of benzene rings is 2. The molecule has 2 rings (SSSR count). The van der Waals surface area contributed by atoms with E-state index in [1.807, 2.05) is 0 Å². The van der Waals surface area contributed by atoms with Crippen molar-refractivity contribution in [3.05, 3.63) is 75.5 Å². The smallest absolute Gasteiger partial charge is 0.248 e. The first-order valence-corrected chi connectivity index (χ1v) is 11.5. The molecule has 0 aliphatic heterocycles. The van der Waals surface area contributed by atoms with Crippen LogP contribution in [0.25, 0.3) is 6.08 Å². The number of carbonyl (C=O) groups excluding carboxylic acids is 1. The van der Waals surface area contributed by atoms with Crippen LogP contribution in [0.1, 0.15) is 17.5 Å². The van der Waals surface area contributed by atoms with Gasteiger partial charge in [0.15, 0.2) is 9.84 Å². The van der Waals surface area contributed by atoms with E-state index in [-0.39, 0.29) is 30.1 Å². The number of halogens is 2. The lowest BCUT2D eigenvalue weighted by atomic mass is 10.1. The van der Waals surface area contributed by atoms with Crippen molar-refractivity contribution in [2.75, 3.05) is 18.1 Å². The maximum absolute atomic E-state index is 13.3. The van der Waals surface area contributed by atoms with Crippen molar-refractivity contribution in [3.8, 4) is 6.07 Å². The van der Waals surface area contributed by atoms with Gasteiger partial charge in [0.25, 0.3) is 0 Å². The number of hydrogen-bond donors (Lipinski definition) is 1. The van der Waals surface area contributed by atoms with E-state index in [9.17, 15) is 17.6 Å². The summed E-state index contributed by atoms with van der Waals surface area (Å²) in [6, 6.07) is 15.0. The van der Waals surface area contributed by atoms with Gasteiger partial charge in [0.1, 0.15) is 5.82 Å². The zero-order chi connectivity index (χ0) is 21.3. The van der Waals surface area contributed by atoms with Gasteiger partial charge in [0.2, 0.25) is 5.91 Å². The van der Waals surface area contributed by atoms with Crippen molar-refractivity contribution in [1.29, 1.82) is 5.26 Å². The second kappa shape index (κ2) is 10.9. The summed E-state index contributed by atoms with van der Waals surface area (Å²) in [6.45, 7) is 0.234. The van der Waals surface area contributed by atoms with Crippen molar-refractivity contribution in [2.45, 2.75) is 12.8 Å². The first-order chi connectivity index (χ1) is 13.8. The molecule has 0 fully saturated rings. The van der Waals surface area contributed by atoms with Crippen LogP contribution in [0.5, 0.6) is 0 Å². The van der Waals surface area contributed by atoms with Gasteiger partial charge in [-0.2, -0.15) is 5.26 Å². The molecule has 29 heavy (non-hydrogen) atoms. The summed E-state index contributed by atoms with van der Waals surface area (Å²) in [5, 5.41) is 11.3. The van der Waals surface area contributed by atoms with Gasteiger partial charge in [0, 0.05) is 23.0 Å². The first-order valence-electron chi connectivity index (χ1n) is 8.85. The molecule has 0 spiro atoms. The molecule has 5 nitrogen and oxygen atoms in total. The molecular formula is C21H20BrFN2O3S. The molecule has 0 atom stereocenters. The van der Waals surface area contributed by atoms with Crippen LogP contribution >= 0.6 is 15.9 Å². The molecule has 152 valence electrons. The average molecular weight is 479 g/mol. The molecule has 0 bridgehead atoms. The number of nitrogens with one attached hydrogen (secondary N) is 1. The van der Waals surface area contributed by atoms with Crippen LogP contribution in [0, 0.1) is 17.1 Å². The molecule has 0 radical (unpaired) electrons. The zero-order valence-electron chi connectivity index (χ0n) is 15.6. The molecule has 0 aliphatic carbocycles. The maximum atomic E-state index is 13.3. The number of carbonyl (C=O) groups is 1. The molecule has 0 aliphatic rings. The summed E-state index contributed by atoms with van der Waals surface area (Å²) in [5.41, 5.74) is 1.49. The highest BCUT2D eigenvalue weighted by molar-refractivity contribution is 9.10. The highest BCUT2D eigenvalue weighted by atomic mass is 79.9. The predicted molar refractivity (Wildman–Crippen MR) is 114 cm³/mol. The summed E-state index contributed by atoms with van der Waals surface area (Å²) in [5.74, 6) is -1.63. The Morgan fingerprint density at radius 2 is 1.93 bits per heavy atom. The van der Waals surface area contributed by atoms with Gasteiger partial charge in [-0.05, 0) is 47.9 Å². The van der Waals surface area contributed by atoms with E-state index >= 15 is 0 Å². The standard InChI is InChI=1S/C21H20BrFN2O3S/c22-19-7-5-17(6-8-19)13-18(15-29(27,28)12-2-10-24)21(26)25-11-9-16-3-1-4-20(23)14-16/h1,3-8,13-14H,2,9,11-12,15H2,(H,25,26)/b18-13+. The van der Waals surface area contributed by atoms with Gasteiger partial charge in [0.05, 0.1) is 17.6 Å². The fraction of sp³-hybridized carbons (Fsp3) is 0.238. The lowest BCUT2D eigenvalue weighted by Crippen LogP contribution is -2.30. The zero-order valence-corrected chi connectivity index (χ0v) is 18.0. The van der Waals surface area contributed by atoms with Gasteiger partial charge in [-0.15, -0.1) is 0 Å². The molecule has 1 amide bonds. The average Bonchev–Trinajstić information content (AvgIpc) is 2.67. The maximum Gasteiger partial charge on any atom is 0.248 e. The third-order valence-electron chi connectivity index (χ3n) is 3.99. The quantitative estimate of drug-likeness (QED) is 0.557. The minimum absolute atomic E-state index is 0.0875. The summed E-state index contributed by atoms with van der Waals surface area (Å²) < 4.78 is 38.6. The van der Waals surface area contributed by atoms with Crippen molar-refractivity contribution in [2.24, 2.45) is 0 Å². The second-order valence-corrected chi connectivity index (χ2v) is 9.46. The van der Waals surface area contributed by atoms with Crippen LogP contribution in [0.15, 0.2) is 58.6 Å². The summed E-state index contributed by atoms with van der Waals surface area (Å²) >= 11 is 3.33. The number of hydrogen-bond acceptors (Lipinski definition) is 4. The Hall–Kier alpha value is -2.50. The van der Waals surface area contributed by atoms with Crippen molar-refractivity contribution in [3.63, 3.8) is 0 Å². The van der Waals surface area contributed by atoms with Crippen LogP contribution in [-0.2, 0) is 21.1 Å². The fourth-order valence-electron chi connectivity index (χ4n) is 2.57. The summed E-state index contributed by atoms with van der Waals surface area (Å²) in [4.78, 5) is 12.6. The van der Waals surface area contributed by atoms with Gasteiger partial charge in [-0.1, -0.05) is 40.2 Å². The van der Waals surface area contributed by atoms with Crippen LogP contribution in [0.2, 0.25) is 0 Å². The largest absolute Gasteiger partial charge is 0.352 e. The van der Waals surface area contributed by atoms with Crippen LogP contribution in [0.4, 0.5) is 4.39 Å². The Balaban J connectivity index is 2.13. The Morgan fingerprint density at radius 1 is 1.21 bits per heavy atom. The number of rotatable bonds is 9. The molecule has 0 heterocycles. The molecule has 2 aromatic rings. The number of nitriles is 1. The molecular weight excluding hydrogens is 459 g/mol. The van der Waals surface area contributed by atoms with Crippen molar-refractivity contribution >= 4 is 37.8 Å². The summed E-state index contributed by atoms with van der Waals surface area (Å²) in [6.07, 6.45) is 1.80. The fourth-order valence-corrected chi connectivity index (χ4v) is 4.07. The van der Waals surface area contributed by atoms with Crippen molar-refractivity contribution in [1.82, 2.24) is 5.32 Å². The molecule has 2 aromatic carbocycles. The van der Waals surface area contributed by atoms with E-state index in [0.29, 0.717) is 12.0 Å². The molecule has 0 unspecified atom stereocenters. The number of sulfone groups is 1. The topological polar surface area (TPSA) is 87.0 Å². The van der Waals surface area contributed by atoms with E-state index in [4.69, 9.17) is 5.26 Å². The van der Waals surface area contributed by atoms with Gasteiger partial charge < -0.3 is 5.32 Å². The number of nitrogens with zero attached hydrogens (tertiary/aromatic N) is 1. The molecule has 8 heteroatoms. The van der Waals surface area contributed by atoms with Crippen LogP contribution < -0.4 is 5.32 Å². The molecule has 0 aromatic heterocycles. The number of amides is 1. The van der Waals surface area contributed by atoms with Crippen molar-refractivity contribution < 1.29 is 17.6 Å². The van der Waals surface area contributed by atoms with Crippen LogP contribution in [-0.4, -0.2) is 32.4 Å². The summed E-state index contributed by atoms with van der Waals surface area (Å²) in [7, 11) is -3.61. The van der Waals surface area contributed by atoms with E-state index in [1.165, 1.54) is 18.2 Å². The lowest BCUT2D eigenvalue weighted by molar-refractivity contribution is -0.117. The third-order valence-corrected chi connectivity index (χ3v) is 6.10. The highest BCUT2D eigenvalue weighted by Gasteiger charge is 2.19. The highest BCUT2D eigenvalue weighted by Crippen LogP contribution is 2.15. The van der Waals surface area contributed by atoms with E-state index in [2.05, 4.69) is 21.2 Å². The Labute approximate surface area is 178 Å². The molecule has 1 N–H and O–H groups in total. The van der Waals surface area contributed by atoms with Gasteiger partial charge in [-0.3, -0.25) is 4.79 Å². The monoisotopic (exact) mass is 478 g/mol.